The first kappa shape index (κ1) is 12.8. The number of anilines is 1. The lowest BCUT2D eigenvalue weighted by atomic mass is 10.1. The summed E-state index contributed by atoms with van der Waals surface area (Å²) in [5, 5.41) is 3.50. The quantitative estimate of drug-likeness (QED) is 0.902. The van der Waals surface area contributed by atoms with Gasteiger partial charge in [-0.3, -0.25) is 0 Å². The molecule has 4 heteroatoms. The Morgan fingerprint density at radius 1 is 1.53 bits per heavy atom. The van der Waals surface area contributed by atoms with Gasteiger partial charge >= 0.3 is 0 Å². The van der Waals surface area contributed by atoms with Gasteiger partial charge in [-0.15, -0.1) is 0 Å². The molecule has 1 heterocycles. The molecule has 2 atom stereocenters. The molecule has 0 spiro atoms. The highest BCUT2D eigenvalue weighted by Gasteiger charge is 2.24. The lowest BCUT2D eigenvalue weighted by Crippen LogP contribution is -2.55. The molecule has 0 aliphatic carbocycles. The van der Waals surface area contributed by atoms with Crippen LogP contribution < -0.4 is 10.2 Å². The number of piperazine rings is 1. The van der Waals surface area contributed by atoms with Gasteiger partial charge in [-0.25, -0.2) is 4.39 Å². The van der Waals surface area contributed by atoms with Gasteiger partial charge in [0.1, 0.15) is 5.82 Å². The molecule has 0 amide bonds. The summed E-state index contributed by atoms with van der Waals surface area (Å²) in [5.41, 5.74) is 0.971. The van der Waals surface area contributed by atoms with Crippen molar-refractivity contribution in [3.8, 4) is 0 Å². The molecule has 1 fully saturated rings. The molecule has 2 unspecified atom stereocenters. The SMILES string of the molecule is CCC1CN(c2ccc(Br)c(F)c2)C(C)CN1. The van der Waals surface area contributed by atoms with Crippen LogP contribution in [-0.4, -0.2) is 25.2 Å². The van der Waals surface area contributed by atoms with Crippen LogP contribution in [0.3, 0.4) is 0 Å². The van der Waals surface area contributed by atoms with Crippen LogP contribution in [0.4, 0.5) is 10.1 Å². The van der Waals surface area contributed by atoms with E-state index in [2.05, 4.69) is 40.0 Å². The van der Waals surface area contributed by atoms with Gasteiger partial charge in [-0.1, -0.05) is 6.92 Å². The molecule has 0 saturated carbocycles. The maximum atomic E-state index is 13.6. The van der Waals surface area contributed by atoms with Crippen molar-refractivity contribution in [3.05, 3.63) is 28.5 Å². The van der Waals surface area contributed by atoms with Crippen molar-refractivity contribution >= 4 is 21.6 Å². The van der Waals surface area contributed by atoms with Gasteiger partial charge in [0, 0.05) is 30.9 Å². The van der Waals surface area contributed by atoms with E-state index in [0.29, 0.717) is 16.6 Å². The number of rotatable bonds is 2. The molecule has 2 nitrogen and oxygen atoms in total. The molecule has 1 aromatic carbocycles. The molecular formula is C13H18BrFN2. The third-order valence-corrected chi connectivity index (χ3v) is 4.02. The van der Waals surface area contributed by atoms with Crippen LogP contribution in [0.2, 0.25) is 0 Å². The fourth-order valence-corrected chi connectivity index (χ4v) is 2.47. The third kappa shape index (κ3) is 2.80. The molecule has 1 N–H and O–H groups in total. The first-order valence-electron chi connectivity index (χ1n) is 6.07. The molecule has 0 radical (unpaired) electrons. The highest BCUT2D eigenvalue weighted by molar-refractivity contribution is 9.10. The van der Waals surface area contributed by atoms with Gasteiger partial charge in [0.05, 0.1) is 4.47 Å². The number of halogens is 2. The van der Waals surface area contributed by atoms with Gasteiger partial charge < -0.3 is 10.2 Å². The van der Waals surface area contributed by atoms with Crippen LogP contribution in [0.25, 0.3) is 0 Å². The summed E-state index contributed by atoms with van der Waals surface area (Å²) >= 11 is 3.19. The lowest BCUT2D eigenvalue weighted by Gasteiger charge is -2.40. The van der Waals surface area contributed by atoms with Crippen molar-refractivity contribution in [3.63, 3.8) is 0 Å². The van der Waals surface area contributed by atoms with Crippen molar-refractivity contribution in [2.45, 2.75) is 32.4 Å². The Kier molecular flexibility index (Phi) is 4.05. The fourth-order valence-electron chi connectivity index (χ4n) is 2.23. The number of hydrogen-bond acceptors (Lipinski definition) is 2. The zero-order valence-corrected chi connectivity index (χ0v) is 11.8. The van der Waals surface area contributed by atoms with E-state index in [1.54, 1.807) is 12.1 Å². The number of hydrogen-bond donors (Lipinski definition) is 1. The van der Waals surface area contributed by atoms with E-state index < -0.39 is 0 Å². The summed E-state index contributed by atoms with van der Waals surface area (Å²) < 4.78 is 14.1. The van der Waals surface area contributed by atoms with Gasteiger partial charge in [0.2, 0.25) is 0 Å². The van der Waals surface area contributed by atoms with E-state index in [1.165, 1.54) is 0 Å². The number of nitrogens with one attached hydrogen (secondary N) is 1. The van der Waals surface area contributed by atoms with Crippen LogP contribution in [0, 0.1) is 5.82 Å². The standard InChI is InChI=1S/C13H18BrFN2/c1-3-10-8-17(9(2)7-16-10)11-4-5-12(14)13(15)6-11/h4-6,9-10,16H,3,7-8H2,1-2H3. The second-order valence-electron chi connectivity index (χ2n) is 4.61. The van der Waals surface area contributed by atoms with Crippen molar-refractivity contribution < 1.29 is 4.39 Å². The van der Waals surface area contributed by atoms with Crippen molar-refractivity contribution in [1.29, 1.82) is 0 Å². The van der Waals surface area contributed by atoms with E-state index in [0.717, 1.165) is 25.2 Å². The van der Waals surface area contributed by atoms with Gasteiger partial charge in [0.25, 0.3) is 0 Å². The van der Waals surface area contributed by atoms with Crippen molar-refractivity contribution in [2.75, 3.05) is 18.0 Å². The Balaban J connectivity index is 2.21. The Hall–Kier alpha value is -0.610. The van der Waals surface area contributed by atoms with Crippen LogP contribution >= 0.6 is 15.9 Å². The minimum atomic E-state index is -0.193. The summed E-state index contributed by atoms with van der Waals surface area (Å²) in [7, 11) is 0. The Morgan fingerprint density at radius 2 is 2.29 bits per heavy atom. The summed E-state index contributed by atoms with van der Waals surface area (Å²) in [6, 6.07) is 6.26. The maximum absolute atomic E-state index is 13.6. The average Bonchev–Trinajstić information content (AvgIpc) is 2.33. The second kappa shape index (κ2) is 5.36. The fraction of sp³-hybridized carbons (Fsp3) is 0.538. The highest BCUT2D eigenvalue weighted by atomic mass is 79.9. The van der Waals surface area contributed by atoms with E-state index in [9.17, 15) is 4.39 Å². The van der Waals surface area contributed by atoms with E-state index in [4.69, 9.17) is 0 Å². The van der Waals surface area contributed by atoms with Crippen LogP contribution in [0.15, 0.2) is 22.7 Å². The summed E-state index contributed by atoms with van der Waals surface area (Å²) in [5.74, 6) is -0.193. The molecule has 1 aromatic rings. The van der Waals surface area contributed by atoms with Crippen LogP contribution in [-0.2, 0) is 0 Å². The lowest BCUT2D eigenvalue weighted by molar-refractivity contribution is 0.397. The molecule has 94 valence electrons. The predicted molar refractivity (Wildman–Crippen MR) is 73.0 cm³/mol. The predicted octanol–water partition coefficient (Wildman–Crippen LogP) is 3.16. The first-order chi connectivity index (χ1) is 8.11. The Bertz CT molecular complexity index is 397. The highest BCUT2D eigenvalue weighted by Crippen LogP contribution is 2.25. The normalized spacial score (nSPS) is 25.1. The topological polar surface area (TPSA) is 15.3 Å². The Morgan fingerprint density at radius 3 is 2.94 bits per heavy atom. The molecule has 17 heavy (non-hydrogen) atoms. The molecule has 1 aliphatic heterocycles. The van der Waals surface area contributed by atoms with Crippen molar-refractivity contribution in [2.24, 2.45) is 0 Å². The summed E-state index contributed by atoms with van der Waals surface area (Å²) in [4.78, 5) is 2.28. The molecular weight excluding hydrogens is 283 g/mol. The van der Waals surface area contributed by atoms with Gasteiger partial charge in [-0.05, 0) is 47.5 Å². The van der Waals surface area contributed by atoms with Crippen molar-refractivity contribution in [1.82, 2.24) is 5.32 Å². The van der Waals surface area contributed by atoms with E-state index in [-0.39, 0.29) is 5.82 Å². The molecule has 1 aliphatic rings. The maximum Gasteiger partial charge on any atom is 0.139 e. The minimum absolute atomic E-state index is 0.193. The van der Waals surface area contributed by atoms with Crippen LogP contribution in [0.1, 0.15) is 20.3 Å². The third-order valence-electron chi connectivity index (χ3n) is 3.38. The Labute approximate surface area is 110 Å². The number of benzene rings is 1. The zero-order valence-electron chi connectivity index (χ0n) is 10.2. The average molecular weight is 301 g/mol. The zero-order chi connectivity index (χ0) is 12.4. The summed E-state index contributed by atoms with van der Waals surface area (Å²) in [6.45, 7) is 6.24. The molecule has 1 saturated heterocycles. The van der Waals surface area contributed by atoms with Gasteiger partial charge in [0.15, 0.2) is 0 Å². The summed E-state index contributed by atoms with van der Waals surface area (Å²) in [6.07, 6.45) is 1.10. The second-order valence-corrected chi connectivity index (χ2v) is 5.47. The largest absolute Gasteiger partial charge is 0.366 e. The smallest absolute Gasteiger partial charge is 0.139 e. The van der Waals surface area contributed by atoms with E-state index >= 15 is 0 Å². The minimum Gasteiger partial charge on any atom is -0.366 e. The molecule has 0 bridgehead atoms. The van der Waals surface area contributed by atoms with E-state index in [1.807, 2.05) is 6.07 Å². The molecule has 0 aromatic heterocycles. The van der Waals surface area contributed by atoms with Crippen LogP contribution in [0.5, 0.6) is 0 Å². The van der Waals surface area contributed by atoms with Gasteiger partial charge in [-0.2, -0.15) is 0 Å². The first-order valence-corrected chi connectivity index (χ1v) is 6.86. The monoisotopic (exact) mass is 300 g/mol. The molecule has 2 rings (SSSR count). The number of nitrogens with zero attached hydrogens (tertiary/aromatic N) is 1.